The molecule has 3 rings (SSSR count). The summed E-state index contributed by atoms with van der Waals surface area (Å²) in [5.41, 5.74) is 9.03. The minimum Gasteiger partial charge on any atom is -0.507 e. The van der Waals surface area contributed by atoms with E-state index in [-0.39, 0.29) is 11.3 Å². The minimum absolute atomic E-state index is 0.0714. The first-order valence-corrected chi connectivity index (χ1v) is 9.33. The van der Waals surface area contributed by atoms with Crippen LogP contribution in [-0.4, -0.2) is 28.4 Å². The molecular formula is C20H20N4O2S. The highest BCUT2D eigenvalue weighted by Gasteiger charge is 2.13. The zero-order valence-electron chi connectivity index (χ0n) is 15.1. The Morgan fingerprint density at radius 3 is 2.78 bits per heavy atom. The van der Waals surface area contributed by atoms with Crippen molar-refractivity contribution in [3.05, 3.63) is 69.3 Å². The first-order chi connectivity index (χ1) is 13.0. The number of rotatable bonds is 5. The van der Waals surface area contributed by atoms with Crippen molar-refractivity contribution in [3.63, 3.8) is 0 Å². The molecular weight excluding hydrogens is 360 g/mol. The standard InChI is InChI=1S/C20H20N4O2S/c1-3-22-20-24(23-11-15-7-5-4-6-13(15)2)17(12-27-20)14-8-9-18(25)16(10-14)19(21)26/h4-12,25H,3H2,1-2H3,(H2,21,26)/b22-20?,23-11-. The minimum atomic E-state index is -0.682. The van der Waals surface area contributed by atoms with E-state index >= 15 is 0 Å². The molecule has 2 aromatic carbocycles. The van der Waals surface area contributed by atoms with Crippen LogP contribution in [0.2, 0.25) is 0 Å². The fourth-order valence-corrected chi connectivity index (χ4v) is 3.50. The number of phenols is 1. The topological polar surface area (TPSA) is 93.0 Å². The van der Waals surface area contributed by atoms with E-state index in [4.69, 9.17) is 5.73 Å². The molecule has 0 aliphatic heterocycles. The van der Waals surface area contributed by atoms with E-state index in [0.717, 1.165) is 27.2 Å². The van der Waals surface area contributed by atoms with E-state index in [0.29, 0.717) is 6.54 Å². The second-order valence-corrected chi connectivity index (χ2v) is 6.72. The van der Waals surface area contributed by atoms with Crippen LogP contribution in [-0.2, 0) is 0 Å². The number of aryl methyl sites for hydroxylation is 1. The number of amides is 1. The van der Waals surface area contributed by atoms with Gasteiger partial charge in [-0.25, -0.2) is 4.68 Å². The van der Waals surface area contributed by atoms with Crippen molar-refractivity contribution >= 4 is 23.5 Å². The maximum absolute atomic E-state index is 11.6. The maximum Gasteiger partial charge on any atom is 0.252 e. The first kappa shape index (κ1) is 18.6. The van der Waals surface area contributed by atoms with Gasteiger partial charge in [-0.05, 0) is 43.2 Å². The lowest BCUT2D eigenvalue weighted by Crippen LogP contribution is -2.13. The van der Waals surface area contributed by atoms with Crippen molar-refractivity contribution in [2.24, 2.45) is 15.8 Å². The molecule has 0 unspecified atom stereocenters. The molecule has 0 spiro atoms. The smallest absolute Gasteiger partial charge is 0.252 e. The number of primary amides is 1. The second-order valence-electron chi connectivity index (χ2n) is 5.89. The number of nitrogens with two attached hydrogens (primary N) is 1. The summed E-state index contributed by atoms with van der Waals surface area (Å²) in [6.07, 6.45) is 1.79. The van der Waals surface area contributed by atoms with Gasteiger partial charge in [0.2, 0.25) is 4.80 Å². The fourth-order valence-electron chi connectivity index (χ4n) is 2.60. The summed E-state index contributed by atoms with van der Waals surface area (Å²) in [7, 11) is 0. The van der Waals surface area contributed by atoms with Crippen molar-refractivity contribution in [2.45, 2.75) is 13.8 Å². The monoisotopic (exact) mass is 380 g/mol. The number of aromatic nitrogens is 1. The third kappa shape index (κ3) is 3.98. The van der Waals surface area contributed by atoms with Crippen LogP contribution in [0.25, 0.3) is 11.3 Å². The predicted molar refractivity (Wildman–Crippen MR) is 108 cm³/mol. The molecule has 1 amide bonds. The Morgan fingerprint density at radius 1 is 1.30 bits per heavy atom. The first-order valence-electron chi connectivity index (χ1n) is 8.45. The van der Waals surface area contributed by atoms with Crippen LogP contribution in [0.15, 0.2) is 57.9 Å². The third-order valence-corrected chi connectivity index (χ3v) is 4.89. The zero-order valence-corrected chi connectivity index (χ0v) is 15.9. The summed E-state index contributed by atoms with van der Waals surface area (Å²) >= 11 is 1.46. The highest BCUT2D eigenvalue weighted by Crippen LogP contribution is 2.26. The number of nitrogens with zero attached hydrogens (tertiary/aromatic N) is 3. The van der Waals surface area contributed by atoms with Crippen molar-refractivity contribution in [3.8, 4) is 17.0 Å². The lowest BCUT2D eigenvalue weighted by molar-refractivity contribution is 0.0998. The van der Waals surface area contributed by atoms with Gasteiger partial charge in [0.1, 0.15) is 5.75 Å². The number of aromatic hydroxyl groups is 1. The molecule has 0 saturated carbocycles. The molecule has 0 aliphatic carbocycles. The Labute approximate surface area is 160 Å². The highest BCUT2D eigenvalue weighted by atomic mass is 32.1. The molecule has 0 atom stereocenters. The average molecular weight is 380 g/mol. The van der Waals surface area contributed by atoms with Crippen LogP contribution in [0.1, 0.15) is 28.4 Å². The van der Waals surface area contributed by atoms with Crippen LogP contribution in [0, 0.1) is 6.92 Å². The third-order valence-electron chi connectivity index (χ3n) is 4.04. The van der Waals surface area contributed by atoms with Crippen LogP contribution in [0.3, 0.4) is 0 Å². The van der Waals surface area contributed by atoms with Gasteiger partial charge in [-0.3, -0.25) is 9.79 Å². The number of thiazole rings is 1. The van der Waals surface area contributed by atoms with Crippen molar-refractivity contribution in [1.29, 1.82) is 0 Å². The van der Waals surface area contributed by atoms with Gasteiger partial charge in [0, 0.05) is 17.5 Å². The summed E-state index contributed by atoms with van der Waals surface area (Å²) in [5, 5.41) is 16.4. The number of carbonyl (C=O) groups is 1. The molecule has 0 saturated heterocycles. The highest BCUT2D eigenvalue weighted by molar-refractivity contribution is 7.07. The normalized spacial score (nSPS) is 12.0. The Hall–Kier alpha value is -3.19. The Morgan fingerprint density at radius 2 is 2.07 bits per heavy atom. The number of hydrogen-bond acceptors (Lipinski definition) is 5. The molecule has 0 radical (unpaired) electrons. The van der Waals surface area contributed by atoms with E-state index in [2.05, 4.69) is 10.1 Å². The van der Waals surface area contributed by atoms with E-state index in [9.17, 15) is 9.90 Å². The summed E-state index contributed by atoms with van der Waals surface area (Å²) < 4.78 is 1.73. The van der Waals surface area contributed by atoms with E-state index in [1.54, 1.807) is 23.0 Å². The Balaban J connectivity index is 2.13. The quantitative estimate of drug-likeness (QED) is 0.666. The van der Waals surface area contributed by atoms with Gasteiger partial charge in [-0.2, -0.15) is 5.10 Å². The molecule has 3 aromatic rings. The van der Waals surface area contributed by atoms with Gasteiger partial charge in [-0.1, -0.05) is 24.3 Å². The molecule has 1 heterocycles. The maximum atomic E-state index is 11.6. The largest absolute Gasteiger partial charge is 0.507 e. The van der Waals surface area contributed by atoms with Crippen LogP contribution in [0.5, 0.6) is 5.75 Å². The number of carbonyl (C=O) groups excluding carboxylic acids is 1. The summed E-state index contributed by atoms with van der Waals surface area (Å²) in [6.45, 7) is 4.61. The number of benzene rings is 2. The Kier molecular flexibility index (Phi) is 5.52. The van der Waals surface area contributed by atoms with Gasteiger partial charge in [-0.15, -0.1) is 11.3 Å². The fraction of sp³-hybridized carbons (Fsp3) is 0.150. The van der Waals surface area contributed by atoms with Gasteiger partial charge in [0.15, 0.2) is 0 Å². The zero-order chi connectivity index (χ0) is 19.4. The van der Waals surface area contributed by atoms with Crippen molar-refractivity contribution < 1.29 is 9.90 Å². The molecule has 3 N–H and O–H groups in total. The van der Waals surface area contributed by atoms with Crippen LogP contribution in [0.4, 0.5) is 0 Å². The molecule has 7 heteroatoms. The Bertz CT molecular complexity index is 1080. The average Bonchev–Trinajstić information content (AvgIpc) is 3.04. The van der Waals surface area contributed by atoms with Crippen LogP contribution < -0.4 is 10.5 Å². The summed E-state index contributed by atoms with van der Waals surface area (Å²) in [5.74, 6) is -0.826. The molecule has 6 nitrogen and oxygen atoms in total. The van der Waals surface area contributed by atoms with Crippen molar-refractivity contribution in [2.75, 3.05) is 6.54 Å². The van der Waals surface area contributed by atoms with Gasteiger partial charge < -0.3 is 10.8 Å². The molecule has 0 aliphatic rings. The van der Waals surface area contributed by atoms with E-state index in [1.165, 1.54) is 17.4 Å². The lowest BCUT2D eigenvalue weighted by atomic mass is 10.1. The van der Waals surface area contributed by atoms with Crippen molar-refractivity contribution in [1.82, 2.24) is 4.68 Å². The van der Waals surface area contributed by atoms with Gasteiger partial charge in [0.05, 0.1) is 17.5 Å². The molecule has 0 bridgehead atoms. The predicted octanol–water partition coefficient (Wildman–Crippen LogP) is 3.13. The molecule has 1 aromatic heterocycles. The van der Waals surface area contributed by atoms with E-state index in [1.807, 2.05) is 43.5 Å². The van der Waals surface area contributed by atoms with Gasteiger partial charge >= 0.3 is 0 Å². The summed E-state index contributed by atoms with van der Waals surface area (Å²) in [4.78, 5) is 16.8. The summed E-state index contributed by atoms with van der Waals surface area (Å²) in [6, 6.07) is 12.7. The molecule has 138 valence electrons. The molecule has 0 fully saturated rings. The SMILES string of the molecule is CCN=c1scc(-c2ccc(O)c(C(N)=O)c2)n1/N=C\c1ccccc1C. The molecule has 27 heavy (non-hydrogen) atoms. The van der Waals surface area contributed by atoms with Crippen LogP contribution >= 0.6 is 11.3 Å². The lowest BCUT2D eigenvalue weighted by Gasteiger charge is -2.07. The van der Waals surface area contributed by atoms with E-state index < -0.39 is 5.91 Å². The second kappa shape index (κ2) is 8.01. The number of hydrogen-bond donors (Lipinski definition) is 2. The van der Waals surface area contributed by atoms with Gasteiger partial charge in [0.25, 0.3) is 5.91 Å².